The topological polar surface area (TPSA) is 236 Å². The van der Waals surface area contributed by atoms with Crippen LogP contribution in [0.1, 0.15) is 11.1 Å². The summed E-state index contributed by atoms with van der Waals surface area (Å²) in [4.78, 5) is 34.0. The third-order valence-corrected chi connectivity index (χ3v) is 4.57. The molecular weight excluding hydrogens is 452 g/mol. The van der Waals surface area contributed by atoms with Crippen molar-refractivity contribution in [2.24, 2.45) is 0 Å². The van der Waals surface area contributed by atoms with Crippen molar-refractivity contribution in [1.82, 2.24) is 19.5 Å². The van der Waals surface area contributed by atoms with Gasteiger partial charge in [-0.05, 0) is 37.1 Å². The number of aromatic amines is 1. The molecule has 1 aromatic carbocycles. The summed E-state index contributed by atoms with van der Waals surface area (Å²) in [5.74, 6) is -0.0516. The van der Waals surface area contributed by atoms with Gasteiger partial charge in [-0.25, -0.2) is 9.78 Å². The Kier molecular flexibility index (Phi) is 7.79. The van der Waals surface area contributed by atoms with Gasteiger partial charge >= 0.3 is 16.1 Å². The molecule has 0 aliphatic carbocycles. The number of H-pyrrole nitrogens is 1. The molecule has 3 rings (SSSR count). The average molecular weight is 474 g/mol. The number of hydrogen-bond acceptors (Lipinski definition) is 10. The molecule has 14 nitrogen and oxygen atoms in total. The summed E-state index contributed by atoms with van der Waals surface area (Å²) >= 11 is 0. The van der Waals surface area contributed by atoms with Crippen LogP contribution in [-0.2, 0) is 16.9 Å². The smallest absolute Gasteiger partial charge is 0.394 e. The third kappa shape index (κ3) is 6.13. The van der Waals surface area contributed by atoms with Gasteiger partial charge in [0.2, 0.25) is 0 Å². The largest absolute Gasteiger partial charge is 0.394 e. The van der Waals surface area contributed by atoms with Gasteiger partial charge in [0.25, 0.3) is 5.56 Å². The fraction of sp³-hybridized carbons (Fsp3) is 0.412. The molecule has 0 amide bonds. The maximum absolute atomic E-state index is 12.2. The number of benzene rings is 1. The maximum atomic E-state index is 12.2. The Labute approximate surface area is 180 Å². The molecule has 0 saturated carbocycles. The van der Waals surface area contributed by atoms with Gasteiger partial charge in [0.15, 0.2) is 11.5 Å². The number of rotatable bonds is 5. The number of aromatic nitrogens is 4. The van der Waals surface area contributed by atoms with E-state index in [2.05, 4.69) is 15.0 Å². The van der Waals surface area contributed by atoms with E-state index in [4.69, 9.17) is 22.6 Å². The Hall–Kier alpha value is -2.79. The van der Waals surface area contributed by atoms with Crippen LogP contribution >= 0.6 is 0 Å². The molecule has 3 atom stereocenters. The fourth-order valence-electron chi connectivity index (χ4n) is 2.89. The lowest BCUT2D eigenvalue weighted by molar-refractivity contribution is -0.0802. The first kappa shape index (κ1) is 25.5. The lowest BCUT2D eigenvalue weighted by Crippen LogP contribution is -2.42. The van der Waals surface area contributed by atoms with Crippen LogP contribution in [0.2, 0.25) is 0 Å². The van der Waals surface area contributed by atoms with Crippen molar-refractivity contribution in [3.05, 3.63) is 44.1 Å². The number of hydrogen-bond donors (Lipinski definition) is 7. The summed E-state index contributed by atoms with van der Waals surface area (Å²) in [5.41, 5.74) is 1.11. The average Bonchev–Trinajstić information content (AvgIpc) is 2.67. The number of aryl methyl sites for hydroxylation is 2. The van der Waals surface area contributed by atoms with Gasteiger partial charge in [-0.15, -0.1) is 0 Å². The van der Waals surface area contributed by atoms with Crippen molar-refractivity contribution in [2.75, 3.05) is 6.61 Å². The zero-order valence-electron chi connectivity index (χ0n) is 16.9. The minimum Gasteiger partial charge on any atom is -0.394 e. The molecule has 1 aromatic rings. The zero-order chi connectivity index (χ0) is 24.4. The molecule has 0 unspecified atom stereocenters. The summed E-state index contributed by atoms with van der Waals surface area (Å²) in [6, 6.07) is 3.53. The molecule has 0 radical (unpaired) electrons. The van der Waals surface area contributed by atoms with Crippen LogP contribution in [0, 0.1) is 13.8 Å². The quantitative estimate of drug-likeness (QED) is 0.152. The summed E-state index contributed by atoms with van der Waals surface area (Å²) in [6.45, 7) is 2.73. The van der Waals surface area contributed by atoms with Crippen LogP contribution in [0.3, 0.4) is 0 Å². The Morgan fingerprint density at radius 2 is 1.59 bits per heavy atom. The van der Waals surface area contributed by atoms with Crippen molar-refractivity contribution >= 4 is 21.4 Å². The molecule has 0 saturated heterocycles. The van der Waals surface area contributed by atoms with Crippen molar-refractivity contribution in [3.8, 4) is 11.5 Å². The summed E-state index contributed by atoms with van der Waals surface area (Å²) in [5, 5.41) is 38.8. The van der Waals surface area contributed by atoms with E-state index in [-0.39, 0.29) is 18.1 Å². The summed E-state index contributed by atoms with van der Waals surface area (Å²) < 4.78 is 33.0. The van der Waals surface area contributed by atoms with E-state index in [0.717, 1.165) is 11.1 Å². The molecule has 32 heavy (non-hydrogen) atoms. The molecular formula is C17H22N4O10S. The first-order valence-electron chi connectivity index (χ1n) is 8.99. The minimum atomic E-state index is -4.67. The molecule has 2 aliphatic rings. The van der Waals surface area contributed by atoms with Crippen LogP contribution in [0.4, 0.5) is 0 Å². The molecule has 0 aromatic heterocycles. The Bertz CT molecular complexity index is 1300. The van der Waals surface area contributed by atoms with Crippen LogP contribution in [0.15, 0.2) is 21.7 Å². The van der Waals surface area contributed by atoms with Crippen molar-refractivity contribution < 1.29 is 37.9 Å². The maximum Gasteiger partial charge on any atom is 0.394 e. The van der Waals surface area contributed by atoms with E-state index in [1.54, 1.807) is 12.1 Å². The molecule has 7 N–H and O–H groups in total. The predicted molar refractivity (Wildman–Crippen MR) is 110 cm³/mol. The van der Waals surface area contributed by atoms with Gasteiger partial charge in [-0.2, -0.15) is 13.4 Å². The van der Waals surface area contributed by atoms with Gasteiger partial charge < -0.3 is 25.0 Å². The number of aliphatic hydroxyl groups is 4. The normalized spacial score (nSPS) is 14.6. The Balaban J connectivity index is 0.000000654. The standard InChI is InChI=1S/C17H20N4O6.H2O4S/c1-7-3-9-10(4-8(7)2)21(5-11(23)14(25)12(24)6-22)15-13(18-9)16(26)20-17(27)19-15;1-5(2,3)4/h3-4,11-12,14,22-25H,5-6H2,1-2H3,(H,20,26,27);(H2,1,2,3,4)/t11-,12+,14-;/m1./s1. The van der Waals surface area contributed by atoms with Crippen molar-refractivity contribution in [3.63, 3.8) is 0 Å². The van der Waals surface area contributed by atoms with Gasteiger partial charge in [-0.3, -0.25) is 18.9 Å². The predicted octanol–water partition coefficient (Wildman–Crippen LogP) is -2.38. The molecule has 0 fully saturated rings. The molecule has 0 spiro atoms. The van der Waals surface area contributed by atoms with Crippen LogP contribution in [0.5, 0.6) is 0 Å². The molecule has 2 aliphatic heterocycles. The van der Waals surface area contributed by atoms with Crippen molar-refractivity contribution in [1.29, 1.82) is 0 Å². The SMILES string of the molecule is Cc1cc2nc3c(=O)[nH]c(=O)nc-3n(C[C@@H](O)[C@@H](O)[C@@H](O)CO)c2cc1C.O=S(=O)(O)O. The zero-order valence-corrected chi connectivity index (χ0v) is 17.7. The number of aliphatic hydroxyl groups excluding tert-OH is 4. The van der Waals surface area contributed by atoms with Crippen LogP contribution < -0.4 is 11.2 Å². The minimum absolute atomic E-state index is 0.0516. The van der Waals surface area contributed by atoms with Gasteiger partial charge in [0.1, 0.15) is 18.3 Å². The second kappa shape index (κ2) is 9.78. The van der Waals surface area contributed by atoms with E-state index < -0.39 is 46.6 Å². The second-order valence-corrected chi connectivity index (χ2v) is 7.84. The second-order valence-electron chi connectivity index (χ2n) is 6.95. The van der Waals surface area contributed by atoms with E-state index in [9.17, 15) is 24.9 Å². The Morgan fingerprint density at radius 3 is 2.16 bits per heavy atom. The number of fused-ring (bicyclic) bond motifs is 2. The highest BCUT2D eigenvalue weighted by Gasteiger charge is 2.27. The van der Waals surface area contributed by atoms with Crippen LogP contribution in [-0.4, -0.2) is 82.4 Å². The highest BCUT2D eigenvalue weighted by molar-refractivity contribution is 7.79. The Morgan fingerprint density at radius 1 is 1.03 bits per heavy atom. The molecule has 2 heterocycles. The highest BCUT2D eigenvalue weighted by atomic mass is 32.3. The van der Waals surface area contributed by atoms with E-state index in [0.29, 0.717) is 11.0 Å². The lowest BCUT2D eigenvalue weighted by atomic mass is 10.1. The first-order chi connectivity index (χ1) is 14.7. The fourth-order valence-corrected chi connectivity index (χ4v) is 2.89. The first-order valence-corrected chi connectivity index (χ1v) is 10.4. The van der Waals surface area contributed by atoms with E-state index in [1.165, 1.54) is 4.57 Å². The monoisotopic (exact) mass is 474 g/mol. The van der Waals surface area contributed by atoms with Crippen LogP contribution in [0.25, 0.3) is 22.6 Å². The summed E-state index contributed by atoms with van der Waals surface area (Å²) in [6.07, 6.45) is -4.68. The number of nitrogens with one attached hydrogen (secondary N) is 1. The van der Waals surface area contributed by atoms with E-state index >= 15 is 0 Å². The van der Waals surface area contributed by atoms with E-state index in [1.807, 2.05) is 13.8 Å². The summed E-state index contributed by atoms with van der Waals surface area (Å²) in [7, 11) is -4.67. The van der Waals surface area contributed by atoms with Gasteiger partial charge in [0, 0.05) is 0 Å². The highest BCUT2D eigenvalue weighted by Crippen LogP contribution is 2.24. The van der Waals surface area contributed by atoms with Gasteiger partial charge in [-0.1, -0.05) is 0 Å². The molecule has 0 bridgehead atoms. The molecule has 15 heteroatoms. The lowest BCUT2D eigenvalue weighted by Gasteiger charge is -2.25. The number of nitrogens with zero attached hydrogens (tertiary/aromatic N) is 3. The van der Waals surface area contributed by atoms with Crippen molar-refractivity contribution in [2.45, 2.75) is 38.7 Å². The molecule has 176 valence electrons. The van der Waals surface area contributed by atoms with Gasteiger partial charge in [0.05, 0.1) is 24.2 Å². The third-order valence-electron chi connectivity index (χ3n) is 4.57.